The number of nitrogens with one attached hydrogen (secondary N) is 1. The summed E-state index contributed by atoms with van der Waals surface area (Å²) >= 11 is 0. The van der Waals surface area contributed by atoms with Crippen LogP contribution >= 0.6 is 0 Å². The Hall–Kier alpha value is -2.43. The van der Waals surface area contributed by atoms with Crippen LogP contribution in [0.1, 0.15) is 25.2 Å². The molecule has 3 aromatic rings. The van der Waals surface area contributed by atoms with Crippen LogP contribution in [0.2, 0.25) is 0 Å². The Balaban J connectivity index is 2.23. The van der Waals surface area contributed by atoms with Crippen LogP contribution in [0.4, 0.5) is 5.82 Å². The molecular weight excluding hydrogens is 262 g/mol. The third kappa shape index (κ3) is 2.35. The molecule has 2 aromatic heterocycles. The van der Waals surface area contributed by atoms with E-state index < -0.39 is 0 Å². The average molecular weight is 281 g/mol. The zero-order chi connectivity index (χ0) is 14.8. The minimum Gasteiger partial charge on any atom is -0.370 e. The Kier molecular flexibility index (Phi) is 3.56. The summed E-state index contributed by atoms with van der Waals surface area (Å²) in [7, 11) is 0. The van der Waals surface area contributed by atoms with Crippen molar-refractivity contribution in [1.29, 1.82) is 0 Å². The number of para-hydroxylation sites is 1. The maximum atomic E-state index is 4.68. The molecule has 1 N–H and O–H groups in total. The van der Waals surface area contributed by atoms with Crippen molar-refractivity contribution >= 4 is 16.7 Å². The van der Waals surface area contributed by atoms with Gasteiger partial charge in [-0.15, -0.1) is 0 Å². The zero-order valence-electron chi connectivity index (χ0n) is 12.6. The molecule has 3 rings (SSSR count). The molecule has 0 bridgehead atoms. The van der Waals surface area contributed by atoms with Crippen LogP contribution in [-0.2, 0) is 6.42 Å². The Morgan fingerprint density at radius 3 is 2.71 bits per heavy atom. The average Bonchev–Trinajstić information content (AvgIpc) is 2.93. The molecule has 0 spiro atoms. The van der Waals surface area contributed by atoms with E-state index in [1.54, 1.807) is 0 Å². The number of anilines is 1. The van der Waals surface area contributed by atoms with Crippen molar-refractivity contribution in [3.05, 3.63) is 41.9 Å². The van der Waals surface area contributed by atoms with Crippen molar-refractivity contribution in [2.75, 3.05) is 11.9 Å². The summed E-state index contributed by atoms with van der Waals surface area (Å²) in [6.45, 7) is 6.99. The SMILES string of the molecule is CCNc1nc(CC)nc(-n2ncc3ccccc32)c1C. The Morgan fingerprint density at radius 2 is 1.95 bits per heavy atom. The van der Waals surface area contributed by atoms with Crippen molar-refractivity contribution in [3.8, 4) is 5.82 Å². The molecule has 21 heavy (non-hydrogen) atoms. The largest absolute Gasteiger partial charge is 0.370 e. The van der Waals surface area contributed by atoms with Crippen molar-refractivity contribution in [3.63, 3.8) is 0 Å². The molecule has 2 heterocycles. The minimum atomic E-state index is 0.797. The van der Waals surface area contributed by atoms with E-state index in [-0.39, 0.29) is 0 Å². The van der Waals surface area contributed by atoms with Gasteiger partial charge in [-0.3, -0.25) is 0 Å². The van der Waals surface area contributed by atoms with Crippen molar-refractivity contribution < 1.29 is 0 Å². The maximum Gasteiger partial charge on any atom is 0.162 e. The third-order valence-electron chi connectivity index (χ3n) is 3.50. The Labute approximate surface area is 124 Å². The topological polar surface area (TPSA) is 55.6 Å². The van der Waals surface area contributed by atoms with Crippen LogP contribution in [0, 0.1) is 6.92 Å². The highest BCUT2D eigenvalue weighted by molar-refractivity contribution is 5.80. The number of aryl methyl sites for hydroxylation is 1. The van der Waals surface area contributed by atoms with Gasteiger partial charge in [-0.2, -0.15) is 5.10 Å². The molecular formula is C16H19N5. The fourth-order valence-electron chi connectivity index (χ4n) is 2.39. The quantitative estimate of drug-likeness (QED) is 0.798. The van der Waals surface area contributed by atoms with Gasteiger partial charge < -0.3 is 5.32 Å². The highest BCUT2D eigenvalue weighted by atomic mass is 15.3. The summed E-state index contributed by atoms with van der Waals surface area (Å²) < 4.78 is 1.90. The van der Waals surface area contributed by atoms with Gasteiger partial charge in [-0.25, -0.2) is 14.6 Å². The second-order valence-corrected chi connectivity index (χ2v) is 4.94. The Bertz CT molecular complexity index is 775. The molecule has 0 saturated heterocycles. The second kappa shape index (κ2) is 5.52. The monoisotopic (exact) mass is 281 g/mol. The number of fused-ring (bicyclic) bond motifs is 1. The van der Waals surface area contributed by atoms with E-state index in [2.05, 4.69) is 46.4 Å². The first kappa shape index (κ1) is 13.5. The van der Waals surface area contributed by atoms with Gasteiger partial charge in [0.25, 0.3) is 0 Å². The van der Waals surface area contributed by atoms with E-state index >= 15 is 0 Å². The fraction of sp³-hybridized carbons (Fsp3) is 0.312. The van der Waals surface area contributed by atoms with E-state index in [9.17, 15) is 0 Å². The smallest absolute Gasteiger partial charge is 0.162 e. The number of hydrogen-bond donors (Lipinski definition) is 1. The zero-order valence-corrected chi connectivity index (χ0v) is 12.6. The molecule has 0 fully saturated rings. The summed E-state index contributed by atoms with van der Waals surface area (Å²) in [6, 6.07) is 8.15. The summed E-state index contributed by atoms with van der Waals surface area (Å²) in [4.78, 5) is 9.24. The lowest BCUT2D eigenvalue weighted by Crippen LogP contribution is -2.11. The van der Waals surface area contributed by atoms with Gasteiger partial charge in [-0.1, -0.05) is 25.1 Å². The molecule has 0 aliphatic rings. The van der Waals surface area contributed by atoms with Crippen LogP contribution in [0.25, 0.3) is 16.7 Å². The molecule has 0 atom stereocenters. The standard InChI is InChI=1S/C16H19N5/c1-4-14-19-15(17-5-2)11(3)16(20-14)21-13-9-7-6-8-12(13)10-18-21/h6-10H,4-5H2,1-3H3,(H,17,19,20). The molecule has 5 nitrogen and oxygen atoms in total. The van der Waals surface area contributed by atoms with Crippen LogP contribution in [0.5, 0.6) is 0 Å². The Morgan fingerprint density at radius 1 is 1.14 bits per heavy atom. The van der Waals surface area contributed by atoms with Gasteiger partial charge in [0, 0.05) is 23.9 Å². The summed E-state index contributed by atoms with van der Waals surface area (Å²) in [5, 5.41) is 8.92. The van der Waals surface area contributed by atoms with Gasteiger partial charge in [0.15, 0.2) is 5.82 Å². The first-order valence-corrected chi connectivity index (χ1v) is 7.29. The molecule has 0 aliphatic carbocycles. The normalized spacial score (nSPS) is 11.0. The fourth-order valence-corrected chi connectivity index (χ4v) is 2.39. The number of aromatic nitrogens is 4. The number of benzene rings is 1. The molecule has 0 aliphatic heterocycles. The number of hydrogen-bond acceptors (Lipinski definition) is 4. The lowest BCUT2D eigenvalue weighted by atomic mass is 10.2. The first-order chi connectivity index (χ1) is 10.2. The van der Waals surface area contributed by atoms with Crippen molar-refractivity contribution in [1.82, 2.24) is 19.7 Å². The first-order valence-electron chi connectivity index (χ1n) is 7.29. The summed E-state index contributed by atoms with van der Waals surface area (Å²) in [5.41, 5.74) is 2.08. The lowest BCUT2D eigenvalue weighted by Gasteiger charge is -2.13. The summed E-state index contributed by atoms with van der Waals surface area (Å²) in [5.74, 6) is 2.56. The van der Waals surface area contributed by atoms with Crippen LogP contribution in [0.3, 0.4) is 0 Å². The molecule has 0 saturated carbocycles. The van der Waals surface area contributed by atoms with E-state index in [0.717, 1.165) is 46.9 Å². The second-order valence-electron chi connectivity index (χ2n) is 4.94. The number of rotatable bonds is 4. The molecule has 0 unspecified atom stereocenters. The van der Waals surface area contributed by atoms with Gasteiger partial charge >= 0.3 is 0 Å². The summed E-state index contributed by atoms with van der Waals surface area (Å²) in [6.07, 6.45) is 2.67. The molecule has 5 heteroatoms. The minimum absolute atomic E-state index is 0.797. The number of nitrogens with zero attached hydrogens (tertiary/aromatic N) is 4. The lowest BCUT2D eigenvalue weighted by molar-refractivity contribution is 0.821. The van der Waals surface area contributed by atoms with E-state index in [1.807, 2.05) is 29.9 Å². The maximum absolute atomic E-state index is 4.68. The van der Waals surface area contributed by atoms with Gasteiger partial charge in [-0.05, 0) is 19.9 Å². The van der Waals surface area contributed by atoms with E-state index in [1.165, 1.54) is 0 Å². The van der Waals surface area contributed by atoms with Crippen molar-refractivity contribution in [2.24, 2.45) is 0 Å². The van der Waals surface area contributed by atoms with Gasteiger partial charge in [0.1, 0.15) is 11.6 Å². The highest BCUT2D eigenvalue weighted by Crippen LogP contribution is 2.23. The van der Waals surface area contributed by atoms with Crippen LogP contribution in [0.15, 0.2) is 30.5 Å². The van der Waals surface area contributed by atoms with Gasteiger partial charge in [0.05, 0.1) is 11.7 Å². The highest BCUT2D eigenvalue weighted by Gasteiger charge is 2.14. The molecule has 1 aromatic carbocycles. The van der Waals surface area contributed by atoms with Crippen LogP contribution < -0.4 is 5.32 Å². The predicted octanol–water partition coefficient (Wildman–Crippen LogP) is 3.12. The molecule has 0 radical (unpaired) electrons. The third-order valence-corrected chi connectivity index (χ3v) is 3.50. The van der Waals surface area contributed by atoms with Crippen LogP contribution in [-0.4, -0.2) is 26.3 Å². The molecule has 108 valence electrons. The predicted molar refractivity (Wildman–Crippen MR) is 84.9 cm³/mol. The van der Waals surface area contributed by atoms with Gasteiger partial charge in [0.2, 0.25) is 0 Å². The van der Waals surface area contributed by atoms with E-state index in [4.69, 9.17) is 0 Å². The molecule has 0 amide bonds. The van der Waals surface area contributed by atoms with E-state index in [0.29, 0.717) is 0 Å². The van der Waals surface area contributed by atoms with Crippen molar-refractivity contribution in [2.45, 2.75) is 27.2 Å².